The molecule has 0 aromatic rings. The Labute approximate surface area is 110 Å². The van der Waals surface area contributed by atoms with E-state index in [0.717, 1.165) is 11.1 Å². The number of carbonyl (C=O) groups excluding carboxylic acids is 1. The van der Waals surface area contributed by atoms with Crippen LogP contribution in [0.4, 0.5) is 0 Å². The van der Waals surface area contributed by atoms with Gasteiger partial charge in [-0.25, -0.2) is 0 Å². The van der Waals surface area contributed by atoms with Gasteiger partial charge in [0.25, 0.3) is 5.91 Å². The minimum Gasteiger partial charge on any atom is -0.332 e. The van der Waals surface area contributed by atoms with Gasteiger partial charge < -0.3 is 4.90 Å². The Morgan fingerprint density at radius 2 is 1.89 bits per heavy atom. The predicted octanol–water partition coefficient (Wildman–Crippen LogP) is 3.49. The normalized spacial score (nSPS) is 17.2. The van der Waals surface area contributed by atoms with Gasteiger partial charge in [-0.2, -0.15) is 0 Å². The van der Waals surface area contributed by atoms with Crippen LogP contribution in [0.1, 0.15) is 27.7 Å². The van der Waals surface area contributed by atoms with Crippen LogP contribution in [-0.2, 0) is 4.79 Å². The molecule has 0 N–H and O–H groups in total. The van der Waals surface area contributed by atoms with Crippen molar-refractivity contribution in [3.05, 3.63) is 48.1 Å². The van der Waals surface area contributed by atoms with Crippen LogP contribution in [-0.4, -0.2) is 23.4 Å². The summed E-state index contributed by atoms with van der Waals surface area (Å²) in [5, 5.41) is 0. The third kappa shape index (κ3) is 3.46. The highest BCUT2D eigenvalue weighted by Gasteiger charge is 2.28. The van der Waals surface area contributed by atoms with E-state index in [-0.39, 0.29) is 11.9 Å². The number of rotatable bonds is 5. The molecule has 1 amide bonds. The van der Waals surface area contributed by atoms with Crippen molar-refractivity contribution >= 4 is 5.91 Å². The first-order valence-corrected chi connectivity index (χ1v) is 6.48. The summed E-state index contributed by atoms with van der Waals surface area (Å²) in [6.07, 6.45) is 9.82. The molecule has 0 fully saturated rings. The van der Waals surface area contributed by atoms with E-state index >= 15 is 0 Å². The second-order valence-corrected chi connectivity index (χ2v) is 5.16. The lowest BCUT2D eigenvalue weighted by Gasteiger charge is -2.20. The number of carbonyl (C=O) groups is 1. The van der Waals surface area contributed by atoms with Crippen molar-refractivity contribution in [2.45, 2.75) is 33.7 Å². The van der Waals surface area contributed by atoms with Crippen molar-refractivity contribution in [1.82, 2.24) is 4.90 Å². The van der Waals surface area contributed by atoms with Crippen molar-refractivity contribution in [2.24, 2.45) is 5.92 Å². The average molecular weight is 245 g/mol. The fourth-order valence-corrected chi connectivity index (χ4v) is 1.87. The number of hydrogen-bond donors (Lipinski definition) is 0. The second kappa shape index (κ2) is 6.39. The Bertz CT molecular complexity index is 411. The molecule has 18 heavy (non-hydrogen) atoms. The summed E-state index contributed by atoms with van der Waals surface area (Å²) < 4.78 is 0. The fourth-order valence-electron chi connectivity index (χ4n) is 1.87. The molecule has 98 valence electrons. The van der Waals surface area contributed by atoms with Crippen molar-refractivity contribution in [3.63, 3.8) is 0 Å². The molecule has 0 radical (unpaired) electrons. The quantitative estimate of drug-likeness (QED) is 0.679. The zero-order valence-electron chi connectivity index (χ0n) is 11.8. The molecular weight excluding hydrogens is 222 g/mol. The van der Waals surface area contributed by atoms with Crippen LogP contribution in [0.25, 0.3) is 0 Å². The van der Waals surface area contributed by atoms with Crippen LogP contribution < -0.4 is 0 Å². The van der Waals surface area contributed by atoms with E-state index in [2.05, 4.69) is 26.5 Å². The molecule has 0 atom stereocenters. The highest BCUT2D eigenvalue weighted by molar-refractivity contribution is 6.00. The smallest absolute Gasteiger partial charge is 0.254 e. The third-order valence-corrected chi connectivity index (χ3v) is 2.91. The zero-order chi connectivity index (χ0) is 13.7. The summed E-state index contributed by atoms with van der Waals surface area (Å²) in [7, 11) is 0. The topological polar surface area (TPSA) is 20.3 Å². The molecule has 1 rings (SSSR count). The van der Waals surface area contributed by atoms with Gasteiger partial charge in [0.2, 0.25) is 0 Å². The molecule has 0 aromatic carbocycles. The van der Waals surface area contributed by atoms with Gasteiger partial charge in [-0.05, 0) is 25.3 Å². The first-order chi connectivity index (χ1) is 8.47. The molecular formula is C16H23NO. The molecule has 0 spiro atoms. The van der Waals surface area contributed by atoms with Gasteiger partial charge >= 0.3 is 0 Å². The summed E-state index contributed by atoms with van der Waals surface area (Å²) in [4.78, 5) is 13.9. The second-order valence-electron chi connectivity index (χ2n) is 5.16. The van der Waals surface area contributed by atoms with Crippen LogP contribution in [0.2, 0.25) is 0 Å². The van der Waals surface area contributed by atoms with Gasteiger partial charge in [-0.3, -0.25) is 4.79 Å². The van der Waals surface area contributed by atoms with Gasteiger partial charge in [-0.1, -0.05) is 50.8 Å². The van der Waals surface area contributed by atoms with E-state index in [0.29, 0.717) is 12.5 Å². The number of allylic oxidation sites excluding steroid dienone is 3. The maximum atomic E-state index is 12.1. The largest absolute Gasteiger partial charge is 0.332 e. The van der Waals surface area contributed by atoms with E-state index in [1.165, 1.54) is 0 Å². The first kappa shape index (κ1) is 14.5. The number of hydrogen-bond acceptors (Lipinski definition) is 1. The Morgan fingerprint density at radius 1 is 1.22 bits per heavy atom. The van der Waals surface area contributed by atoms with Crippen LogP contribution in [0.15, 0.2) is 48.1 Å². The minimum absolute atomic E-state index is 0.0903. The Kier molecular flexibility index (Phi) is 5.14. The summed E-state index contributed by atoms with van der Waals surface area (Å²) in [6, 6.07) is 0.226. The van der Waals surface area contributed by atoms with Crippen molar-refractivity contribution in [1.29, 1.82) is 0 Å². The molecule has 1 heterocycles. The van der Waals surface area contributed by atoms with Crippen LogP contribution in [0.5, 0.6) is 0 Å². The maximum absolute atomic E-state index is 12.1. The van der Waals surface area contributed by atoms with E-state index in [9.17, 15) is 4.79 Å². The molecule has 0 saturated carbocycles. The Hall–Kier alpha value is -1.57. The van der Waals surface area contributed by atoms with E-state index in [1.54, 1.807) is 6.08 Å². The SMILES string of the molecule is C=CC1=C(/C=C\C=C\C(C)C)CN(C(C)C)C1=O. The van der Waals surface area contributed by atoms with E-state index in [1.807, 2.05) is 37.0 Å². The van der Waals surface area contributed by atoms with Crippen molar-refractivity contribution in [2.75, 3.05) is 6.54 Å². The average Bonchev–Trinajstić information content (AvgIpc) is 2.61. The highest BCUT2D eigenvalue weighted by atomic mass is 16.2. The zero-order valence-corrected chi connectivity index (χ0v) is 11.8. The van der Waals surface area contributed by atoms with E-state index < -0.39 is 0 Å². The highest BCUT2D eigenvalue weighted by Crippen LogP contribution is 2.22. The Balaban J connectivity index is 2.83. The molecule has 1 aliphatic rings. The van der Waals surface area contributed by atoms with Crippen LogP contribution in [0, 0.1) is 5.92 Å². The van der Waals surface area contributed by atoms with Gasteiger partial charge in [0.15, 0.2) is 0 Å². The lowest BCUT2D eigenvalue weighted by Crippen LogP contribution is -2.33. The molecule has 2 heteroatoms. The Morgan fingerprint density at radius 3 is 2.39 bits per heavy atom. The van der Waals surface area contributed by atoms with Crippen molar-refractivity contribution < 1.29 is 4.79 Å². The summed E-state index contributed by atoms with van der Waals surface area (Å²) in [5.74, 6) is 0.632. The maximum Gasteiger partial charge on any atom is 0.254 e. The van der Waals surface area contributed by atoms with Gasteiger partial charge in [0, 0.05) is 18.2 Å². The lowest BCUT2D eigenvalue weighted by atomic mass is 10.1. The first-order valence-electron chi connectivity index (χ1n) is 6.48. The lowest BCUT2D eigenvalue weighted by molar-refractivity contribution is -0.126. The molecule has 0 saturated heterocycles. The molecule has 1 aliphatic heterocycles. The van der Waals surface area contributed by atoms with Crippen molar-refractivity contribution in [3.8, 4) is 0 Å². The summed E-state index contributed by atoms with van der Waals surface area (Å²) in [6.45, 7) is 12.8. The molecule has 0 aliphatic carbocycles. The summed E-state index contributed by atoms with van der Waals surface area (Å²) in [5.41, 5.74) is 1.79. The van der Waals surface area contributed by atoms with Crippen LogP contribution >= 0.6 is 0 Å². The predicted molar refractivity (Wildman–Crippen MR) is 77.2 cm³/mol. The molecule has 0 aromatic heterocycles. The van der Waals surface area contributed by atoms with Crippen LogP contribution in [0.3, 0.4) is 0 Å². The number of amides is 1. The van der Waals surface area contributed by atoms with E-state index in [4.69, 9.17) is 0 Å². The molecule has 2 nitrogen and oxygen atoms in total. The third-order valence-electron chi connectivity index (χ3n) is 2.91. The standard InChI is InChI=1S/C16H23NO/c1-6-15-14(10-8-7-9-12(2)3)11-17(13(4)5)16(15)18/h6-10,12-13H,1,11H2,2-5H3/b9-7+,10-8-. The molecule has 0 bridgehead atoms. The fraction of sp³-hybridized carbons (Fsp3) is 0.438. The molecule has 0 unspecified atom stereocenters. The van der Waals surface area contributed by atoms with Gasteiger partial charge in [-0.15, -0.1) is 0 Å². The van der Waals surface area contributed by atoms with Gasteiger partial charge in [0.05, 0.1) is 0 Å². The van der Waals surface area contributed by atoms with Gasteiger partial charge in [0.1, 0.15) is 0 Å². The minimum atomic E-state index is 0.0903. The summed E-state index contributed by atoms with van der Waals surface area (Å²) >= 11 is 0. The number of nitrogens with zero attached hydrogens (tertiary/aromatic N) is 1. The monoisotopic (exact) mass is 245 g/mol.